The lowest BCUT2D eigenvalue weighted by molar-refractivity contribution is -0.128. The van der Waals surface area contributed by atoms with Crippen LogP contribution in [-0.2, 0) is 17.6 Å². The number of anilines is 1. The lowest BCUT2D eigenvalue weighted by Crippen LogP contribution is -2.41. The molecule has 0 fully saturated rings. The normalized spacial score (nSPS) is 16.3. The molecule has 1 aromatic heterocycles. The third kappa shape index (κ3) is 3.52. The number of para-hydroxylation sites is 1. The van der Waals surface area contributed by atoms with Crippen LogP contribution in [0.3, 0.4) is 0 Å². The third-order valence-corrected chi connectivity index (χ3v) is 4.57. The van der Waals surface area contributed by atoms with E-state index in [1.54, 1.807) is 12.4 Å². The van der Waals surface area contributed by atoms with Gasteiger partial charge in [-0.25, -0.2) is 0 Å². The molecule has 2 heterocycles. The zero-order valence-corrected chi connectivity index (χ0v) is 13.8. The third-order valence-electron chi connectivity index (χ3n) is 4.57. The summed E-state index contributed by atoms with van der Waals surface area (Å²) in [4.78, 5) is 20.6. The van der Waals surface area contributed by atoms with Crippen molar-refractivity contribution >= 4 is 11.6 Å². The summed E-state index contributed by atoms with van der Waals surface area (Å²) in [5.41, 5.74) is 3.75. The van der Waals surface area contributed by atoms with Crippen LogP contribution in [0.1, 0.15) is 18.1 Å². The summed E-state index contributed by atoms with van der Waals surface area (Å²) >= 11 is 0. The molecule has 1 atom stereocenters. The Morgan fingerprint density at radius 2 is 2.00 bits per heavy atom. The molecule has 1 aliphatic heterocycles. The van der Waals surface area contributed by atoms with Crippen molar-refractivity contribution in [2.75, 3.05) is 25.0 Å². The number of carbonyl (C=O) groups excluding carboxylic acids is 1. The number of nitrogens with zero attached hydrogens (tertiary/aromatic N) is 3. The molecule has 0 saturated carbocycles. The van der Waals surface area contributed by atoms with Crippen molar-refractivity contribution in [3.63, 3.8) is 0 Å². The van der Waals surface area contributed by atoms with Gasteiger partial charge in [0, 0.05) is 37.7 Å². The van der Waals surface area contributed by atoms with E-state index in [0.717, 1.165) is 19.4 Å². The number of hydrogen-bond acceptors (Lipinski definition) is 3. The number of aromatic nitrogens is 1. The van der Waals surface area contributed by atoms with Crippen LogP contribution in [0.5, 0.6) is 0 Å². The summed E-state index contributed by atoms with van der Waals surface area (Å²) in [6.07, 6.45) is 5.46. The lowest BCUT2D eigenvalue weighted by Gasteiger charge is -2.27. The second-order valence-electron chi connectivity index (χ2n) is 6.23. The number of benzene rings is 1. The molecule has 3 rings (SSSR count). The van der Waals surface area contributed by atoms with Crippen LogP contribution in [0, 0.1) is 0 Å². The first kappa shape index (κ1) is 15.5. The Morgan fingerprint density at radius 1 is 1.26 bits per heavy atom. The van der Waals surface area contributed by atoms with Crippen molar-refractivity contribution in [1.29, 1.82) is 0 Å². The summed E-state index contributed by atoms with van der Waals surface area (Å²) in [5.74, 6) is 0.169. The number of fused-ring (bicyclic) bond motifs is 1. The average Bonchev–Trinajstić information content (AvgIpc) is 2.89. The van der Waals surface area contributed by atoms with E-state index >= 15 is 0 Å². The number of pyridine rings is 1. The summed E-state index contributed by atoms with van der Waals surface area (Å²) in [7, 11) is 1.89. The molecular weight excluding hydrogens is 286 g/mol. The van der Waals surface area contributed by atoms with Crippen molar-refractivity contribution in [1.82, 2.24) is 9.88 Å². The van der Waals surface area contributed by atoms with E-state index in [4.69, 9.17) is 0 Å². The van der Waals surface area contributed by atoms with Gasteiger partial charge in [-0.3, -0.25) is 9.78 Å². The molecule has 2 aromatic rings. The van der Waals surface area contributed by atoms with Crippen molar-refractivity contribution in [2.24, 2.45) is 0 Å². The van der Waals surface area contributed by atoms with Crippen LogP contribution < -0.4 is 4.90 Å². The van der Waals surface area contributed by atoms with E-state index in [-0.39, 0.29) is 5.91 Å². The Morgan fingerprint density at radius 3 is 2.78 bits per heavy atom. The van der Waals surface area contributed by atoms with Crippen LogP contribution in [0.4, 0.5) is 5.69 Å². The van der Waals surface area contributed by atoms with Crippen molar-refractivity contribution in [3.8, 4) is 0 Å². The summed E-state index contributed by atoms with van der Waals surface area (Å²) in [6, 6.07) is 12.8. The number of hydrogen-bond donors (Lipinski definition) is 0. The molecule has 1 amide bonds. The smallest absolute Gasteiger partial charge is 0.241 e. The SMILES string of the molecule is CC1Cc2ccccc2N1CC(=O)N(C)CCc1ccncc1. The van der Waals surface area contributed by atoms with E-state index in [9.17, 15) is 4.79 Å². The molecule has 1 aliphatic rings. The maximum absolute atomic E-state index is 12.5. The molecule has 0 saturated heterocycles. The maximum Gasteiger partial charge on any atom is 0.241 e. The standard InChI is InChI=1S/C19H23N3O/c1-15-13-17-5-3-4-6-18(17)22(15)14-19(23)21(2)12-9-16-7-10-20-11-8-16/h3-8,10-11,15H,9,12-14H2,1-2H3. The average molecular weight is 309 g/mol. The molecule has 120 valence electrons. The van der Waals surface area contributed by atoms with Gasteiger partial charge in [-0.15, -0.1) is 0 Å². The fourth-order valence-corrected chi connectivity index (χ4v) is 3.11. The molecular formula is C19H23N3O. The molecule has 0 N–H and O–H groups in total. The molecule has 1 unspecified atom stereocenters. The monoisotopic (exact) mass is 309 g/mol. The molecule has 0 spiro atoms. The second kappa shape index (κ2) is 6.82. The van der Waals surface area contributed by atoms with Gasteiger partial charge in [0.25, 0.3) is 0 Å². The zero-order valence-electron chi connectivity index (χ0n) is 13.8. The Labute approximate surface area is 137 Å². The fourth-order valence-electron chi connectivity index (χ4n) is 3.11. The maximum atomic E-state index is 12.5. The highest BCUT2D eigenvalue weighted by Gasteiger charge is 2.27. The summed E-state index contributed by atoms with van der Waals surface area (Å²) in [5, 5.41) is 0. The van der Waals surface area contributed by atoms with Gasteiger partial charge in [0.15, 0.2) is 0 Å². The molecule has 1 aromatic carbocycles. The molecule has 0 aliphatic carbocycles. The Balaban J connectivity index is 1.58. The van der Waals surface area contributed by atoms with Gasteiger partial charge in [0.1, 0.15) is 0 Å². The van der Waals surface area contributed by atoms with Crippen LogP contribution in [0.15, 0.2) is 48.8 Å². The quantitative estimate of drug-likeness (QED) is 0.851. The van der Waals surface area contributed by atoms with Gasteiger partial charge < -0.3 is 9.80 Å². The van der Waals surface area contributed by atoms with Crippen LogP contribution in [0.25, 0.3) is 0 Å². The minimum Gasteiger partial charge on any atom is -0.359 e. The van der Waals surface area contributed by atoms with Gasteiger partial charge in [-0.2, -0.15) is 0 Å². The molecule has 0 bridgehead atoms. The van der Waals surface area contributed by atoms with Crippen LogP contribution in [0.2, 0.25) is 0 Å². The van der Waals surface area contributed by atoms with E-state index in [2.05, 4.69) is 35.0 Å². The van der Waals surface area contributed by atoms with E-state index in [1.165, 1.54) is 16.8 Å². The Kier molecular flexibility index (Phi) is 4.60. The number of carbonyl (C=O) groups is 1. The van der Waals surface area contributed by atoms with Crippen LogP contribution in [-0.4, -0.2) is 42.0 Å². The Bertz CT molecular complexity index is 671. The molecule has 0 radical (unpaired) electrons. The van der Waals surface area contributed by atoms with E-state index in [1.807, 2.05) is 30.1 Å². The van der Waals surface area contributed by atoms with Crippen molar-refractivity contribution in [3.05, 3.63) is 59.9 Å². The highest BCUT2D eigenvalue weighted by atomic mass is 16.2. The van der Waals surface area contributed by atoms with E-state index < -0.39 is 0 Å². The lowest BCUT2D eigenvalue weighted by atomic mass is 10.1. The molecule has 4 nitrogen and oxygen atoms in total. The predicted molar refractivity (Wildman–Crippen MR) is 92.5 cm³/mol. The van der Waals surface area contributed by atoms with Gasteiger partial charge in [-0.1, -0.05) is 18.2 Å². The van der Waals surface area contributed by atoms with Gasteiger partial charge in [-0.05, 0) is 49.1 Å². The number of likely N-dealkylation sites (N-methyl/N-ethyl adjacent to an activating group) is 1. The van der Waals surface area contributed by atoms with Gasteiger partial charge in [0.05, 0.1) is 6.54 Å². The zero-order chi connectivity index (χ0) is 16.2. The number of amides is 1. The first-order chi connectivity index (χ1) is 11.1. The Hall–Kier alpha value is -2.36. The van der Waals surface area contributed by atoms with Gasteiger partial charge in [0.2, 0.25) is 5.91 Å². The first-order valence-electron chi connectivity index (χ1n) is 8.12. The first-order valence-corrected chi connectivity index (χ1v) is 8.12. The minimum absolute atomic E-state index is 0.169. The van der Waals surface area contributed by atoms with Crippen LogP contribution >= 0.6 is 0 Å². The van der Waals surface area contributed by atoms with Gasteiger partial charge >= 0.3 is 0 Å². The minimum atomic E-state index is 0.169. The highest BCUT2D eigenvalue weighted by molar-refractivity contribution is 5.82. The predicted octanol–water partition coefficient (Wildman–Crippen LogP) is 2.53. The van der Waals surface area contributed by atoms with Crippen molar-refractivity contribution in [2.45, 2.75) is 25.8 Å². The number of rotatable bonds is 5. The molecule has 4 heteroatoms. The topological polar surface area (TPSA) is 36.4 Å². The summed E-state index contributed by atoms with van der Waals surface area (Å²) in [6.45, 7) is 3.36. The van der Waals surface area contributed by atoms with Crippen molar-refractivity contribution < 1.29 is 4.79 Å². The summed E-state index contributed by atoms with van der Waals surface area (Å²) < 4.78 is 0. The van der Waals surface area contributed by atoms with E-state index in [0.29, 0.717) is 12.6 Å². The fraction of sp³-hybridized carbons (Fsp3) is 0.368. The molecule has 23 heavy (non-hydrogen) atoms. The highest BCUT2D eigenvalue weighted by Crippen LogP contribution is 2.31. The second-order valence-corrected chi connectivity index (χ2v) is 6.23. The largest absolute Gasteiger partial charge is 0.359 e.